The van der Waals surface area contributed by atoms with Crippen molar-refractivity contribution in [2.75, 3.05) is 19.6 Å². The van der Waals surface area contributed by atoms with E-state index in [2.05, 4.69) is 21.5 Å². The van der Waals surface area contributed by atoms with E-state index in [-0.39, 0.29) is 23.6 Å². The number of nitrogens with one attached hydrogen (secondary N) is 1. The van der Waals surface area contributed by atoms with Crippen LogP contribution >= 0.6 is 22.7 Å². The number of benzene rings is 1. The molecule has 0 aliphatic carbocycles. The lowest BCUT2D eigenvalue weighted by atomic mass is 9.96. The molecule has 4 aromatic rings. The minimum atomic E-state index is -0.191. The summed E-state index contributed by atoms with van der Waals surface area (Å²) in [4.78, 5) is 34.4. The summed E-state index contributed by atoms with van der Waals surface area (Å²) in [6, 6.07) is 17.8. The third-order valence-electron chi connectivity index (χ3n) is 5.94. The summed E-state index contributed by atoms with van der Waals surface area (Å²) in [5.41, 5.74) is 0.857. The molecule has 4 heterocycles. The van der Waals surface area contributed by atoms with Gasteiger partial charge in [-0.3, -0.25) is 9.59 Å². The third-order valence-corrected chi connectivity index (χ3v) is 7.75. The predicted molar refractivity (Wildman–Crippen MR) is 134 cm³/mol. The van der Waals surface area contributed by atoms with Gasteiger partial charge in [0.15, 0.2) is 5.82 Å². The normalized spacial score (nSPS) is 14.3. The van der Waals surface area contributed by atoms with Gasteiger partial charge in [0.2, 0.25) is 11.7 Å². The van der Waals surface area contributed by atoms with Crippen LogP contribution in [-0.4, -0.2) is 51.1 Å². The molecule has 0 atom stereocenters. The largest absolute Gasteiger partial charge is 0.355 e. The third kappa shape index (κ3) is 4.95. The lowest BCUT2D eigenvalue weighted by Crippen LogP contribution is -2.43. The molecule has 2 amide bonds. The Morgan fingerprint density at radius 1 is 0.971 bits per heavy atom. The van der Waals surface area contributed by atoms with Crippen LogP contribution in [0, 0.1) is 5.92 Å². The molecular weight excluding hydrogens is 466 g/mol. The Labute approximate surface area is 206 Å². The molecule has 174 valence electrons. The van der Waals surface area contributed by atoms with Crippen LogP contribution in [0.4, 0.5) is 0 Å². The fraction of sp³-hybridized carbons (Fsp3) is 0.280. The number of aromatic nitrogens is 3. The zero-order chi connectivity index (χ0) is 23.3. The van der Waals surface area contributed by atoms with E-state index in [4.69, 9.17) is 0 Å². The maximum atomic E-state index is 13.2. The summed E-state index contributed by atoms with van der Waals surface area (Å²) in [7, 11) is 0. The molecule has 1 N–H and O–H groups in total. The van der Waals surface area contributed by atoms with Crippen LogP contribution in [0.5, 0.6) is 0 Å². The molecule has 0 bridgehead atoms. The highest BCUT2D eigenvalue weighted by Gasteiger charge is 2.30. The SMILES string of the molecule is O=C(NCCc1cccs1)C1CCN(C(=O)c2nc(-c3cccs3)n(-c3ccccc3)n2)CC1. The molecule has 7 nitrogen and oxygen atoms in total. The first-order valence-corrected chi connectivity index (χ1v) is 13.1. The summed E-state index contributed by atoms with van der Waals surface area (Å²) < 4.78 is 1.73. The van der Waals surface area contributed by atoms with Crippen molar-refractivity contribution in [1.29, 1.82) is 0 Å². The smallest absolute Gasteiger partial charge is 0.293 e. The number of para-hydroxylation sites is 1. The first kappa shape index (κ1) is 22.5. The molecule has 0 spiro atoms. The first-order chi connectivity index (χ1) is 16.7. The Kier molecular flexibility index (Phi) is 6.82. The second kappa shape index (κ2) is 10.3. The predicted octanol–water partition coefficient (Wildman–Crippen LogP) is 4.27. The van der Waals surface area contributed by atoms with Gasteiger partial charge in [0.25, 0.3) is 5.91 Å². The van der Waals surface area contributed by atoms with E-state index in [9.17, 15) is 9.59 Å². The standard InChI is InChI=1S/C25H25N5O2S2/c31-24(26-13-10-20-8-4-16-33-20)18-11-14-29(15-12-18)25(32)22-27-23(21-9-5-17-34-21)30(28-22)19-6-2-1-3-7-19/h1-9,16-18H,10-15H2,(H,26,31). The summed E-state index contributed by atoms with van der Waals surface area (Å²) in [6.07, 6.45) is 2.14. The molecular formula is C25H25N5O2S2. The van der Waals surface area contributed by atoms with Crippen LogP contribution < -0.4 is 5.32 Å². The van der Waals surface area contributed by atoms with Gasteiger partial charge in [-0.2, -0.15) is 0 Å². The van der Waals surface area contributed by atoms with Gasteiger partial charge in [-0.1, -0.05) is 30.3 Å². The van der Waals surface area contributed by atoms with E-state index < -0.39 is 0 Å². The van der Waals surface area contributed by atoms with Gasteiger partial charge in [-0.15, -0.1) is 27.8 Å². The Hall–Kier alpha value is -3.30. The summed E-state index contributed by atoms with van der Waals surface area (Å²) in [5, 5.41) is 11.7. The zero-order valence-electron chi connectivity index (χ0n) is 18.6. The number of carbonyl (C=O) groups excluding carboxylic acids is 2. The van der Waals surface area contributed by atoms with Gasteiger partial charge in [-0.25, -0.2) is 9.67 Å². The summed E-state index contributed by atoms with van der Waals surface area (Å²) >= 11 is 3.27. The van der Waals surface area contributed by atoms with Crippen molar-refractivity contribution in [3.63, 3.8) is 0 Å². The minimum Gasteiger partial charge on any atom is -0.355 e. The van der Waals surface area contributed by atoms with E-state index in [1.54, 1.807) is 32.3 Å². The maximum absolute atomic E-state index is 13.2. The van der Waals surface area contributed by atoms with Crippen LogP contribution in [0.15, 0.2) is 65.4 Å². The monoisotopic (exact) mass is 491 g/mol. The molecule has 3 aromatic heterocycles. The molecule has 0 radical (unpaired) electrons. The van der Waals surface area contributed by atoms with Crippen molar-refractivity contribution in [3.05, 3.63) is 76.1 Å². The number of likely N-dealkylation sites (tertiary alicyclic amines) is 1. The van der Waals surface area contributed by atoms with E-state index in [0.717, 1.165) is 17.0 Å². The number of piperidine rings is 1. The van der Waals surface area contributed by atoms with Gasteiger partial charge < -0.3 is 10.2 Å². The van der Waals surface area contributed by atoms with Crippen LogP contribution in [0.2, 0.25) is 0 Å². The minimum absolute atomic E-state index is 0.0658. The van der Waals surface area contributed by atoms with E-state index in [1.807, 2.05) is 59.3 Å². The van der Waals surface area contributed by atoms with Crippen molar-refractivity contribution < 1.29 is 9.59 Å². The number of carbonyl (C=O) groups is 2. The highest BCUT2D eigenvalue weighted by Crippen LogP contribution is 2.26. The van der Waals surface area contributed by atoms with Crippen LogP contribution in [-0.2, 0) is 11.2 Å². The van der Waals surface area contributed by atoms with E-state index >= 15 is 0 Å². The Morgan fingerprint density at radius 2 is 1.74 bits per heavy atom. The Bertz CT molecular complexity index is 1230. The van der Waals surface area contributed by atoms with Crippen molar-refractivity contribution >= 4 is 34.5 Å². The zero-order valence-corrected chi connectivity index (χ0v) is 20.2. The average molecular weight is 492 g/mol. The maximum Gasteiger partial charge on any atom is 0.293 e. The number of amides is 2. The molecule has 1 aliphatic rings. The highest BCUT2D eigenvalue weighted by molar-refractivity contribution is 7.13. The summed E-state index contributed by atoms with van der Waals surface area (Å²) in [5.74, 6) is 0.665. The molecule has 0 saturated carbocycles. The second-order valence-electron chi connectivity index (χ2n) is 8.17. The lowest BCUT2D eigenvalue weighted by molar-refractivity contribution is -0.126. The van der Waals surface area contributed by atoms with Crippen molar-refractivity contribution in [2.45, 2.75) is 19.3 Å². The fourth-order valence-electron chi connectivity index (χ4n) is 4.11. The Balaban J connectivity index is 1.23. The molecule has 1 fully saturated rings. The lowest BCUT2D eigenvalue weighted by Gasteiger charge is -2.30. The van der Waals surface area contributed by atoms with Gasteiger partial charge in [0.05, 0.1) is 10.6 Å². The summed E-state index contributed by atoms with van der Waals surface area (Å²) in [6.45, 7) is 1.69. The van der Waals surface area contributed by atoms with Gasteiger partial charge in [-0.05, 0) is 54.3 Å². The highest BCUT2D eigenvalue weighted by atomic mass is 32.1. The van der Waals surface area contributed by atoms with Gasteiger partial charge in [0.1, 0.15) is 0 Å². The van der Waals surface area contributed by atoms with Gasteiger partial charge >= 0.3 is 0 Å². The number of nitrogens with zero attached hydrogens (tertiary/aromatic N) is 4. The number of hydrogen-bond donors (Lipinski definition) is 1. The Morgan fingerprint density at radius 3 is 2.44 bits per heavy atom. The van der Waals surface area contributed by atoms with Crippen LogP contribution in [0.25, 0.3) is 16.4 Å². The molecule has 5 rings (SSSR count). The van der Waals surface area contributed by atoms with Crippen molar-refractivity contribution in [3.8, 4) is 16.4 Å². The van der Waals surface area contributed by atoms with Crippen LogP contribution in [0.1, 0.15) is 28.3 Å². The number of rotatable bonds is 7. The molecule has 1 aliphatic heterocycles. The quantitative estimate of drug-likeness (QED) is 0.419. The fourth-order valence-corrected chi connectivity index (χ4v) is 5.52. The molecule has 1 aromatic carbocycles. The second-order valence-corrected chi connectivity index (χ2v) is 10.2. The molecule has 34 heavy (non-hydrogen) atoms. The van der Waals surface area contributed by atoms with E-state index in [1.165, 1.54) is 4.88 Å². The molecule has 0 unspecified atom stereocenters. The van der Waals surface area contributed by atoms with Crippen molar-refractivity contribution in [2.24, 2.45) is 5.92 Å². The molecule has 9 heteroatoms. The number of hydrogen-bond acceptors (Lipinski definition) is 6. The topological polar surface area (TPSA) is 80.1 Å². The number of thiophene rings is 2. The van der Waals surface area contributed by atoms with Gasteiger partial charge in [0, 0.05) is 30.4 Å². The van der Waals surface area contributed by atoms with E-state index in [0.29, 0.717) is 38.3 Å². The first-order valence-electron chi connectivity index (χ1n) is 11.3. The molecule has 1 saturated heterocycles. The average Bonchev–Trinajstić information content (AvgIpc) is 3.66. The van der Waals surface area contributed by atoms with Crippen LogP contribution in [0.3, 0.4) is 0 Å². The van der Waals surface area contributed by atoms with Crippen molar-refractivity contribution in [1.82, 2.24) is 25.0 Å².